The second-order valence-electron chi connectivity index (χ2n) is 5.91. The number of thiocarbonyl (C=S) groups is 1. The summed E-state index contributed by atoms with van der Waals surface area (Å²) < 4.78 is 24.0. The van der Waals surface area contributed by atoms with Gasteiger partial charge in [-0.3, -0.25) is 0 Å². The third kappa shape index (κ3) is 12.4. The number of unbranched alkanes of at least 4 members (excludes halogenated alkanes) is 1. The van der Waals surface area contributed by atoms with Crippen LogP contribution >= 0.6 is 24.0 Å². The lowest BCUT2D eigenvalue weighted by Crippen LogP contribution is -2.46. The van der Waals surface area contributed by atoms with E-state index >= 15 is 0 Å². The summed E-state index contributed by atoms with van der Waals surface area (Å²) in [6.07, 6.45) is 5.83. The zero-order chi connectivity index (χ0) is 19.0. The van der Waals surface area contributed by atoms with Crippen LogP contribution in [0.1, 0.15) is 66.7 Å². The fraction of sp³-hybridized carbons (Fsp3) is 0.944. The maximum atomic E-state index is 5.87. The Morgan fingerprint density at radius 2 is 1.56 bits per heavy atom. The Morgan fingerprint density at radius 1 is 0.960 bits per heavy atom. The van der Waals surface area contributed by atoms with Crippen LogP contribution in [0.5, 0.6) is 0 Å². The Kier molecular flexibility index (Phi) is 16.7. The van der Waals surface area contributed by atoms with Gasteiger partial charge in [-0.05, 0) is 51.7 Å². The summed E-state index contributed by atoms with van der Waals surface area (Å²) in [4.78, 5) is 0. The summed E-state index contributed by atoms with van der Waals surface area (Å²) in [5, 5.41) is 0. The third-order valence-electron chi connectivity index (χ3n) is 3.92. The van der Waals surface area contributed by atoms with Gasteiger partial charge in [0.05, 0.1) is 6.61 Å². The van der Waals surface area contributed by atoms with E-state index in [-0.39, 0.29) is 0 Å². The van der Waals surface area contributed by atoms with Crippen molar-refractivity contribution in [3.8, 4) is 0 Å². The molecule has 0 spiro atoms. The fourth-order valence-electron chi connectivity index (χ4n) is 2.57. The average Bonchev–Trinajstić information content (AvgIpc) is 2.59. The third-order valence-corrected chi connectivity index (χ3v) is 8.39. The van der Waals surface area contributed by atoms with Crippen molar-refractivity contribution in [2.24, 2.45) is 5.92 Å². The highest BCUT2D eigenvalue weighted by Crippen LogP contribution is 2.21. The predicted molar refractivity (Wildman–Crippen MR) is 114 cm³/mol. The summed E-state index contributed by atoms with van der Waals surface area (Å²) in [5.41, 5.74) is 0. The molecule has 0 aromatic rings. The van der Waals surface area contributed by atoms with Crippen molar-refractivity contribution >= 4 is 37.2 Å². The highest BCUT2D eigenvalue weighted by Gasteiger charge is 2.39. The van der Waals surface area contributed by atoms with Gasteiger partial charge in [0.25, 0.3) is 0 Å². The summed E-state index contributed by atoms with van der Waals surface area (Å²) in [6.45, 7) is 13.0. The minimum absolute atomic E-state index is 0.618. The Morgan fingerprint density at radius 3 is 2.04 bits per heavy atom. The SMILES string of the molecule is CCCCC(CC)COC(=S)SCCC[Si](OCC)(OCC)OCC. The second-order valence-corrected chi connectivity index (χ2v) is 10.3. The normalized spacial score (nSPS) is 13.0. The first-order chi connectivity index (χ1) is 12.1. The molecule has 7 heteroatoms. The van der Waals surface area contributed by atoms with E-state index in [4.69, 9.17) is 30.2 Å². The van der Waals surface area contributed by atoms with Crippen molar-refractivity contribution in [1.82, 2.24) is 0 Å². The molecule has 0 heterocycles. The number of rotatable bonds is 16. The second kappa shape index (κ2) is 16.5. The largest absolute Gasteiger partial charge is 0.500 e. The number of hydrogen-bond donors (Lipinski definition) is 0. The average molecular weight is 411 g/mol. The number of hydrogen-bond acceptors (Lipinski definition) is 6. The van der Waals surface area contributed by atoms with Crippen molar-refractivity contribution in [3.63, 3.8) is 0 Å². The molecule has 0 aliphatic heterocycles. The smallest absolute Gasteiger partial charge is 0.478 e. The van der Waals surface area contributed by atoms with E-state index in [0.717, 1.165) is 31.2 Å². The molecule has 0 N–H and O–H groups in total. The minimum Gasteiger partial charge on any atom is -0.478 e. The van der Waals surface area contributed by atoms with Gasteiger partial charge in [0.2, 0.25) is 4.38 Å². The molecule has 0 aromatic heterocycles. The standard InChI is InChI=1S/C18H38O4S2Si/c1-6-11-13-17(7-2)16-19-18(23)24-14-12-15-25(20-8-3,21-9-4)22-10-5/h17H,6-16H2,1-5H3. The van der Waals surface area contributed by atoms with Crippen LogP contribution in [0.25, 0.3) is 0 Å². The zero-order valence-corrected chi connectivity index (χ0v) is 19.4. The van der Waals surface area contributed by atoms with Crippen molar-refractivity contribution in [2.45, 2.75) is 72.8 Å². The molecule has 25 heavy (non-hydrogen) atoms. The molecule has 0 fully saturated rings. The Balaban J connectivity index is 4.11. The van der Waals surface area contributed by atoms with E-state index in [1.165, 1.54) is 19.3 Å². The molecule has 0 aromatic carbocycles. The monoisotopic (exact) mass is 410 g/mol. The predicted octanol–water partition coefficient (Wildman–Crippen LogP) is 5.68. The lowest BCUT2D eigenvalue weighted by atomic mass is 10.0. The molecule has 0 amide bonds. The van der Waals surface area contributed by atoms with Crippen LogP contribution < -0.4 is 0 Å². The maximum absolute atomic E-state index is 5.87. The number of ether oxygens (including phenoxy) is 1. The van der Waals surface area contributed by atoms with E-state index in [9.17, 15) is 0 Å². The van der Waals surface area contributed by atoms with Crippen molar-refractivity contribution < 1.29 is 18.0 Å². The molecule has 4 nitrogen and oxygen atoms in total. The Hall–Kier alpha value is 0.337. The first-order valence-corrected chi connectivity index (χ1v) is 13.1. The van der Waals surface area contributed by atoms with Gasteiger partial charge in [-0.1, -0.05) is 44.9 Å². The molecule has 0 aliphatic rings. The van der Waals surface area contributed by atoms with Gasteiger partial charge in [0, 0.05) is 31.6 Å². The fourth-order valence-corrected chi connectivity index (χ4v) is 6.36. The van der Waals surface area contributed by atoms with Gasteiger partial charge in [0.15, 0.2) is 0 Å². The van der Waals surface area contributed by atoms with Gasteiger partial charge in [-0.25, -0.2) is 0 Å². The zero-order valence-electron chi connectivity index (χ0n) is 16.8. The van der Waals surface area contributed by atoms with Gasteiger partial charge in [-0.2, -0.15) is 0 Å². The van der Waals surface area contributed by atoms with Gasteiger partial charge in [0.1, 0.15) is 0 Å². The van der Waals surface area contributed by atoms with Crippen molar-refractivity contribution in [2.75, 3.05) is 32.2 Å². The molecule has 0 bridgehead atoms. The van der Waals surface area contributed by atoms with Crippen LogP contribution in [-0.2, 0) is 18.0 Å². The first kappa shape index (κ1) is 25.3. The lowest BCUT2D eigenvalue weighted by molar-refractivity contribution is 0.0712. The molecule has 0 saturated carbocycles. The number of thioether (sulfide) groups is 1. The Labute approximate surface area is 166 Å². The molecule has 1 unspecified atom stereocenters. The van der Waals surface area contributed by atoms with E-state index in [1.54, 1.807) is 11.8 Å². The highest BCUT2D eigenvalue weighted by atomic mass is 32.2. The van der Waals surface area contributed by atoms with Crippen LogP contribution in [0.15, 0.2) is 0 Å². The molecule has 0 saturated heterocycles. The summed E-state index contributed by atoms with van der Waals surface area (Å²) in [5.74, 6) is 1.53. The van der Waals surface area contributed by atoms with E-state index in [0.29, 0.717) is 30.1 Å². The van der Waals surface area contributed by atoms with Crippen LogP contribution in [-0.4, -0.2) is 45.4 Å². The maximum Gasteiger partial charge on any atom is 0.500 e. The van der Waals surface area contributed by atoms with Crippen LogP contribution in [0.4, 0.5) is 0 Å². The quantitative estimate of drug-likeness (QED) is 0.185. The van der Waals surface area contributed by atoms with E-state index in [1.807, 2.05) is 20.8 Å². The molecule has 150 valence electrons. The van der Waals surface area contributed by atoms with Gasteiger partial charge < -0.3 is 18.0 Å². The van der Waals surface area contributed by atoms with Crippen LogP contribution in [0.2, 0.25) is 6.04 Å². The first-order valence-electron chi connectivity index (χ1n) is 9.78. The minimum atomic E-state index is -2.52. The Bertz CT molecular complexity index is 315. The summed E-state index contributed by atoms with van der Waals surface area (Å²) in [7, 11) is -2.52. The van der Waals surface area contributed by atoms with Crippen LogP contribution in [0, 0.1) is 5.92 Å². The van der Waals surface area contributed by atoms with Gasteiger partial charge >= 0.3 is 8.80 Å². The molecule has 0 aliphatic carbocycles. The van der Waals surface area contributed by atoms with E-state index < -0.39 is 8.80 Å². The van der Waals surface area contributed by atoms with Crippen LogP contribution in [0.3, 0.4) is 0 Å². The van der Waals surface area contributed by atoms with E-state index in [2.05, 4.69) is 13.8 Å². The topological polar surface area (TPSA) is 36.9 Å². The summed E-state index contributed by atoms with van der Waals surface area (Å²) in [6, 6.07) is 0.826. The molecule has 0 radical (unpaired) electrons. The van der Waals surface area contributed by atoms with Gasteiger partial charge in [-0.15, -0.1) is 0 Å². The lowest BCUT2D eigenvalue weighted by Gasteiger charge is -2.28. The molecular weight excluding hydrogens is 372 g/mol. The van der Waals surface area contributed by atoms with Crippen molar-refractivity contribution in [1.29, 1.82) is 0 Å². The molecule has 0 rings (SSSR count). The van der Waals surface area contributed by atoms with Crippen molar-refractivity contribution in [3.05, 3.63) is 0 Å². The highest BCUT2D eigenvalue weighted by molar-refractivity contribution is 8.22. The summed E-state index contributed by atoms with van der Waals surface area (Å²) >= 11 is 6.96. The molecule has 1 atom stereocenters. The molecular formula is C18H38O4S2Si.